The number of nitrogens with zero attached hydrogens (tertiary/aromatic N) is 1. The van der Waals surface area contributed by atoms with Crippen LogP contribution in [0.5, 0.6) is 0 Å². The van der Waals surface area contributed by atoms with Gasteiger partial charge in [-0.2, -0.15) is 0 Å². The van der Waals surface area contributed by atoms with Gasteiger partial charge in [-0.15, -0.1) is 0 Å². The van der Waals surface area contributed by atoms with Crippen LogP contribution in [0.25, 0.3) is 0 Å². The van der Waals surface area contributed by atoms with Crippen LogP contribution in [0.1, 0.15) is 50.7 Å². The SMILES string of the molecule is CC(C)(N)c1cccc2c1N(CC1CCCC1)CC2. The fraction of sp³-hybridized carbons (Fsp3) is 0.647. The summed E-state index contributed by atoms with van der Waals surface area (Å²) in [7, 11) is 0. The van der Waals surface area contributed by atoms with E-state index in [-0.39, 0.29) is 5.54 Å². The monoisotopic (exact) mass is 258 g/mol. The van der Waals surface area contributed by atoms with E-state index in [1.165, 1.54) is 62.0 Å². The minimum atomic E-state index is -0.246. The Balaban J connectivity index is 1.89. The Morgan fingerprint density at radius 1 is 1.26 bits per heavy atom. The Labute approximate surface area is 117 Å². The first-order chi connectivity index (χ1) is 9.05. The number of nitrogens with two attached hydrogens (primary N) is 1. The molecule has 0 unspecified atom stereocenters. The molecule has 0 saturated heterocycles. The molecule has 2 heteroatoms. The zero-order chi connectivity index (χ0) is 13.5. The zero-order valence-corrected chi connectivity index (χ0v) is 12.3. The van der Waals surface area contributed by atoms with Gasteiger partial charge in [0.05, 0.1) is 0 Å². The Morgan fingerprint density at radius 3 is 2.68 bits per heavy atom. The second kappa shape index (κ2) is 4.82. The maximum atomic E-state index is 6.37. The van der Waals surface area contributed by atoms with Crippen molar-refractivity contribution >= 4 is 5.69 Å². The fourth-order valence-electron chi connectivity index (χ4n) is 3.74. The van der Waals surface area contributed by atoms with E-state index in [1.54, 1.807) is 0 Å². The molecule has 0 spiro atoms. The van der Waals surface area contributed by atoms with Crippen LogP contribution in [-0.4, -0.2) is 13.1 Å². The fourth-order valence-corrected chi connectivity index (χ4v) is 3.74. The Bertz CT molecular complexity index is 453. The average molecular weight is 258 g/mol. The Morgan fingerprint density at radius 2 is 2.00 bits per heavy atom. The summed E-state index contributed by atoms with van der Waals surface area (Å²) in [4.78, 5) is 2.61. The standard InChI is InChI=1S/C17H26N2/c1-17(2,18)15-9-5-8-14-10-11-19(16(14)15)12-13-6-3-4-7-13/h5,8-9,13H,3-4,6-7,10-12,18H2,1-2H3. The molecule has 104 valence electrons. The lowest BCUT2D eigenvalue weighted by Gasteiger charge is -2.30. The van der Waals surface area contributed by atoms with Gasteiger partial charge >= 0.3 is 0 Å². The molecule has 1 aromatic carbocycles. The van der Waals surface area contributed by atoms with Crippen LogP contribution in [0.3, 0.4) is 0 Å². The lowest BCUT2D eigenvalue weighted by Crippen LogP contribution is -2.33. The third-order valence-corrected chi connectivity index (χ3v) is 4.73. The van der Waals surface area contributed by atoms with Gasteiger partial charge in [0, 0.05) is 24.3 Å². The maximum Gasteiger partial charge on any atom is 0.0450 e. The lowest BCUT2D eigenvalue weighted by molar-refractivity contribution is 0.526. The van der Waals surface area contributed by atoms with E-state index in [0.717, 1.165) is 5.92 Å². The molecule has 0 radical (unpaired) electrons. The van der Waals surface area contributed by atoms with Gasteiger partial charge in [-0.05, 0) is 50.2 Å². The van der Waals surface area contributed by atoms with Gasteiger partial charge in [-0.3, -0.25) is 0 Å². The molecule has 1 saturated carbocycles. The second-order valence-corrected chi connectivity index (χ2v) is 6.88. The van der Waals surface area contributed by atoms with Crippen LogP contribution in [0.15, 0.2) is 18.2 Å². The van der Waals surface area contributed by atoms with Gasteiger partial charge in [-0.25, -0.2) is 0 Å². The first kappa shape index (κ1) is 13.0. The molecule has 2 N–H and O–H groups in total. The molecule has 2 aliphatic rings. The number of rotatable bonds is 3. The third kappa shape index (κ3) is 2.51. The molecule has 1 fully saturated rings. The van der Waals surface area contributed by atoms with Gasteiger partial charge in [0.25, 0.3) is 0 Å². The Kier molecular flexibility index (Phi) is 3.30. The topological polar surface area (TPSA) is 29.3 Å². The molecule has 2 nitrogen and oxygen atoms in total. The summed E-state index contributed by atoms with van der Waals surface area (Å²) >= 11 is 0. The molecular formula is C17H26N2. The minimum Gasteiger partial charge on any atom is -0.370 e. The Hall–Kier alpha value is -1.02. The number of fused-ring (bicyclic) bond motifs is 1. The van der Waals surface area contributed by atoms with Gasteiger partial charge in [0.2, 0.25) is 0 Å². The van der Waals surface area contributed by atoms with E-state index in [4.69, 9.17) is 5.73 Å². The molecule has 0 atom stereocenters. The normalized spacial score (nSPS) is 20.1. The van der Waals surface area contributed by atoms with Crippen molar-refractivity contribution in [2.45, 2.75) is 51.5 Å². The van der Waals surface area contributed by atoms with E-state index in [0.29, 0.717) is 0 Å². The molecule has 1 aliphatic heterocycles. The van der Waals surface area contributed by atoms with E-state index in [2.05, 4.69) is 36.9 Å². The number of anilines is 1. The van der Waals surface area contributed by atoms with Crippen LogP contribution in [0.2, 0.25) is 0 Å². The first-order valence-electron chi connectivity index (χ1n) is 7.72. The number of benzene rings is 1. The first-order valence-corrected chi connectivity index (χ1v) is 7.72. The summed E-state index contributed by atoms with van der Waals surface area (Å²) in [6, 6.07) is 6.66. The predicted octanol–water partition coefficient (Wildman–Crippen LogP) is 3.43. The summed E-state index contributed by atoms with van der Waals surface area (Å²) in [5.41, 5.74) is 10.4. The van der Waals surface area contributed by atoms with Crippen molar-refractivity contribution in [1.82, 2.24) is 0 Å². The summed E-state index contributed by atoms with van der Waals surface area (Å²) in [5, 5.41) is 0. The highest BCUT2D eigenvalue weighted by Crippen LogP contribution is 2.38. The van der Waals surface area contributed by atoms with Crippen LogP contribution in [0.4, 0.5) is 5.69 Å². The van der Waals surface area contributed by atoms with Crippen LogP contribution >= 0.6 is 0 Å². The van der Waals surface area contributed by atoms with Gasteiger partial charge < -0.3 is 10.6 Å². The van der Waals surface area contributed by atoms with Gasteiger partial charge in [0.15, 0.2) is 0 Å². The summed E-state index contributed by atoms with van der Waals surface area (Å²) in [6.45, 7) is 6.66. The van der Waals surface area contributed by atoms with E-state index in [9.17, 15) is 0 Å². The smallest absolute Gasteiger partial charge is 0.0450 e. The van der Waals surface area contributed by atoms with Crippen molar-refractivity contribution < 1.29 is 0 Å². The second-order valence-electron chi connectivity index (χ2n) is 6.88. The van der Waals surface area contributed by atoms with E-state index >= 15 is 0 Å². The molecule has 1 aromatic rings. The van der Waals surface area contributed by atoms with Crippen molar-refractivity contribution in [2.24, 2.45) is 11.7 Å². The number of hydrogen-bond donors (Lipinski definition) is 1. The molecule has 0 bridgehead atoms. The minimum absolute atomic E-state index is 0.246. The van der Waals surface area contributed by atoms with Crippen LogP contribution in [0, 0.1) is 5.92 Å². The number of hydrogen-bond acceptors (Lipinski definition) is 2. The summed E-state index contributed by atoms with van der Waals surface area (Å²) in [5.74, 6) is 0.903. The van der Waals surface area contributed by atoms with Gasteiger partial charge in [-0.1, -0.05) is 31.0 Å². The maximum absolute atomic E-state index is 6.37. The lowest BCUT2D eigenvalue weighted by atomic mass is 9.91. The van der Waals surface area contributed by atoms with Crippen molar-refractivity contribution in [3.63, 3.8) is 0 Å². The highest BCUT2D eigenvalue weighted by Gasteiger charge is 2.29. The summed E-state index contributed by atoms with van der Waals surface area (Å²) < 4.78 is 0. The van der Waals surface area contributed by atoms with Crippen molar-refractivity contribution in [3.8, 4) is 0 Å². The zero-order valence-electron chi connectivity index (χ0n) is 12.3. The molecule has 0 amide bonds. The van der Waals surface area contributed by atoms with Crippen molar-refractivity contribution in [1.29, 1.82) is 0 Å². The predicted molar refractivity (Wildman–Crippen MR) is 81.5 cm³/mol. The van der Waals surface area contributed by atoms with Crippen LogP contribution < -0.4 is 10.6 Å². The summed E-state index contributed by atoms with van der Waals surface area (Å²) in [6.07, 6.45) is 6.87. The van der Waals surface area contributed by atoms with E-state index in [1.807, 2.05) is 0 Å². The molecule has 1 aliphatic carbocycles. The van der Waals surface area contributed by atoms with E-state index < -0.39 is 0 Å². The molecule has 3 rings (SSSR count). The number of para-hydroxylation sites is 1. The third-order valence-electron chi connectivity index (χ3n) is 4.73. The van der Waals surface area contributed by atoms with Crippen molar-refractivity contribution in [3.05, 3.63) is 29.3 Å². The van der Waals surface area contributed by atoms with Crippen molar-refractivity contribution in [2.75, 3.05) is 18.0 Å². The van der Waals surface area contributed by atoms with Gasteiger partial charge in [0.1, 0.15) is 0 Å². The largest absolute Gasteiger partial charge is 0.370 e. The quantitative estimate of drug-likeness (QED) is 0.900. The average Bonchev–Trinajstić information content (AvgIpc) is 2.98. The molecule has 1 heterocycles. The highest BCUT2D eigenvalue weighted by atomic mass is 15.2. The highest BCUT2D eigenvalue weighted by molar-refractivity contribution is 5.65. The van der Waals surface area contributed by atoms with Crippen LogP contribution in [-0.2, 0) is 12.0 Å². The molecule has 19 heavy (non-hydrogen) atoms. The molecule has 0 aromatic heterocycles. The molecular weight excluding hydrogens is 232 g/mol.